The summed E-state index contributed by atoms with van der Waals surface area (Å²) < 4.78 is 36.3. The highest BCUT2D eigenvalue weighted by atomic mass is 32.2. The van der Waals surface area contributed by atoms with Gasteiger partial charge in [-0.3, -0.25) is 9.69 Å². The standard InChI is InChI=1S/C30H28N4O4S3/c35-29-27(40-30(39)33(29)21-25-13-9-17-38-25)19-23-20-34(24-11-4-3-5-12-24)31-28(23)22-10-8-14-26(18-22)41(36,37)32-15-6-1-2-7-16-32/h3-5,8-14,17-20H,1-2,6-7,15-16,21H2. The molecule has 2 aliphatic rings. The fourth-order valence-electron chi connectivity index (χ4n) is 5.00. The average Bonchev–Trinajstić information content (AvgIpc) is 3.65. The van der Waals surface area contributed by atoms with Crippen molar-refractivity contribution in [1.29, 1.82) is 0 Å². The summed E-state index contributed by atoms with van der Waals surface area (Å²) in [5, 5.41) is 4.85. The zero-order valence-electron chi connectivity index (χ0n) is 22.2. The van der Waals surface area contributed by atoms with E-state index in [1.807, 2.05) is 42.6 Å². The zero-order valence-corrected chi connectivity index (χ0v) is 24.6. The topological polar surface area (TPSA) is 88.6 Å². The second-order valence-corrected chi connectivity index (χ2v) is 13.5. The van der Waals surface area contributed by atoms with Gasteiger partial charge in [0.05, 0.1) is 28.3 Å². The number of sulfonamides is 1. The van der Waals surface area contributed by atoms with Gasteiger partial charge in [0.1, 0.15) is 15.8 Å². The molecule has 1 amide bonds. The quantitative estimate of drug-likeness (QED) is 0.186. The molecule has 2 saturated heterocycles. The van der Waals surface area contributed by atoms with Crippen LogP contribution in [0.2, 0.25) is 0 Å². The molecular formula is C30H28N4O4S3. The maximum Gasteiger partial charge on any atom is 0.266 e. The van der Waals surface area contributed by atoms with Gasteiger partial charge in [-0.05, 0) is 55.3 Å². The van der Waals surface area contributed by atoms with Crippen molar-refractivity contribution in [3.63, 3.8) is 0 Å². The number of thioether (sulfide) groups is 1. The van der Waals surface area contributed by atoms with Crippen LogP contribution in [-0.2, 0) is 21.4 Å². The van der Waals surface area contributed by atoms with Gasteiger partial charge in [0.15, 0.2) is 0 Å². The molecule has 0 radical (unpaired) electrons. The molecule has 41 heavy (non-hydrogen) atoms. The van der Waals surface area contributed by atoms with Gasteiger partial charge in [-0.25, -0.2) is 13.1 Å². The molecule has 0 bridgehead atoms. The average molecular weight is 605 g/mol. The Morgan fingerprint density at radius 3 is 2.49 bits per heavy atom. The third kappa shape index (κ3) is 5.80. The second kappa shape index (κ2) is 11.8. The van der Waals surface area contributed by atoms with Crippen LogP contribution in [0.25, 0.3) is 23.0 Å². The molecule has 11 heteroatoms. The van der Waals surface area contributed by atoms with Gasteiger partial charge in [0.2, 0.25) is 10.0 Å². The molecule has 0 N–H and O–H groups in total. The molecule has 4 aromatic rings. The van der Waals surface area contributed by atoms with Crippen molar-refractivity contribution in [1.82, 2.24) is 19.0 Å². The van der Waals surface area contributed by atoms with Crippen LogP contribution in [0.1, 0.15) is 37.0 Å². The van der Waals surface area contributed by atoms with Crippen LogP contribution >= 0.6 is 24.0 Å². The summed E-state index contributed by atoms with van der Waals surface area (Å²) in [6.45, 7) is 1.31. The summed E-state index contributed by atoms with van der Waals surface area (Å²) in [6, 6.07) is 20.1. The Hall–Kier alpha value is -3.51. The van der Waals surface area contributed by atoms with Gasteiger partial charge in [0, 0.05) is 30.4 Å². The molecule has 6 rings (SSSR count). The minimum absolute atomic E-state index is 0.215. The number of carbonyl (C=O) groups is 1. The number of furan rings is 1. The summed E-state index contributed by atoms with van der Waals surface area (Å²) in [5.41, 5.74) is 2.73. The van der Waals surface area contributed by atoms with Crippen molar-refractivity contribution in [2.75, 3.05) is 13.1 Å². The summed E-state index contributed by atoms with van der Waals surface area (Å²) in [6.07, 6.45) is 9.00. The van der Waals surface area contributed by atoms with Crippen molar-refractivity contribution >= 4 is 50.3 Å². The highest BCUT2D eigenvalue weighted by Crippen LogP contribution is 2.36. The van der Waals surface area contributed by atoms with Gasteiger partial charge >= 0.3 is 0 Å². The first-order valence-electron chi connectivity index (χ1n) is 13.4. The lowest BCUT2D eigenvalue weighted by molar-refractivity contribution is -0.122. The number of hydrogen-bond acceptors (Lipinski definition) is 7. The molecule has 2 fully saturated rings. The molecule has 2 aliphatic heterocycles. The van der Waals surface area contributed by atoms with E-state index >= 15 is 0 Å². The van der Waals surface area contributed by atoms with E-state index in [0.29, 0.717) is 44.9 Å². The molecule has 210 valence electrons. The number of para-hydroxylation sites is 1. The van der Waals surface area contributed by atoms with Crippen molar-refractivity contribution in [2.24, 2.45) is 0 Å². The van der Waals surface area contributed by atoms with Crippen LogP contribution < -0.4 is 0 Å². The lowest BCUT2D eigenvalue weighted by atomic mass is 10.1. The van der Waals surface area contributed by atoms with Gasteiger partial charge in [-0.15, -0.1) is 0 Å². The van der Waals surface area contributed by atoms with Crippen LogP contribution in [0.3, 0.4) is 0 Å². The lowest BCUT2D eigenvalue weighted by Crippen LogP contribution is -2.31. The van der Waals surface area contributed by atoms with Crippen molar-refractivity contribution in [3.8, 4) is 16.9 Å². The zero-order chi connectivity index (χ0) is 28.4. The molecule has 0 spiro atoms. The van der Waals surface area contributed by atoms with Crippen molar-refractivity contribution in [2.45, 2.75) is 37.1 Å². The molecule has 2 aromatic carbocycles. The number of aromatic nitrogens is 2. The van der Waals surface area contributed by atoms with Crippen LogP contribution in [0, 0.1) is 0 Å². The van der Waals surface area contributed by atoms with E-state index in [2.05, 4.69) is 0 Å². The van der Waals surface area contributed by atoms with Gasteiger partial charge in [-0.1, -0.05) is 67.2 Å². The number of amides is 1. The Bertz CT molecular complexity index is 1710. The second-order valence-electron chi connectivity index (χ2n) is 9.91. The van der Waals surface area contributed by atoms with E-state index in [9.17, 15) is 13.2 Å². The lowest BCUT2D eigenvalue weighted by Gasteiger charge is -2.20. The van der Waals surface area contributed by atoms with Gasteiger partial charge < -0.3 is 4.42 Å². The maximum absolute atomic E-state index is 13.6. The highest BCUT2D eigenvalue weighted by Gasteiger charge is 2.33. The highest BCUT2D eigenvalue weighted by molar-refractivity contribution is 8.26. The minimum atomic E-state index is -3.65. The minimum Gasteiger partial charge on any atom is -0.467 e. The Morgan fingerprint density at radius 1 is 0.976 bits per heavy atom. The fourth-order valence-corrected chi connectivity index (χ4v) is 7.81. The summed E-state index contributed by atoms with van der Waals surface area (Å²) in [4.78, 5) is 15.6. The summed E-state index contributed by atoms with van der Waals surface area (Å²) in [7, 11) is -3.65. The van der Waals surface area contributed by atoms with Crippen LogP contribution in [-0.4, -0.2) is 50.7 Å². The van der Waals surface area contributed by atoms with Crippen molar-refractivity contribution in [3.05, 3.63) is 95.4 Å². The Balaban J connectivity index is 1.39. The normalized spacial score (nSPS) is 17.9. The summed E-state index contributed by atoms with van der Waals surface area (Å²) >= 11 is 6.74. The van der Waals surface area contributed by atoms with E-state index in [1.165, 1.54) is 16.7 Å². The monoisotopic (exact) mass is 604 g/mol. The first kappa shape index (κ1) is 27.6. The molecule has 0 saturated carbocycles. The first-order valence-corrected chi connectivity index (χ1v) is 16.1. The van der Waals surface area contributed by atoms with Crippen LogP contribution in [0.5, 0.6) is 0 Å². The molecule has 8 nitrogen and oxygen atoms in total. The smallest absolute Gasteiger partial charge is 0.266 e. The molecular weight excluding hydrogens is 577 g/mol. The van der Waals surface area contributed by atoms with Crippen LogP contribution in [0.4, 0.5) is 0 Å². The summed E-state index contributed by atoms with van der Waals surface area (Å²) in [5.74, 6) is 0.426. The van der Waals surface area contributed by atoms with E-state index in [-0.39, 0.29) is 17.3 Å². The van der Waals surface area contributed by atoms with E-state index in [4.69, 9.17) is 21.7 Å². The van der Waals surface area contributed by atoms with E-state index in [0.717, 1.165) is 31.4 Å². The largest absolute Gasteiger partial charge is 0.467 e. The number of nitrogens with zero attached hydrogens (tertiary/aromatic N) is 4. The number of benzene rings is 2. The number of rotatable bonds is 7. The van der Waals surface area contributed by atoms with E-state index < -0.39 is 10.0 Å². The number of hydrogen-bond donors (Lipinski definition) is 0. The molecule has 0 atom stereocenters. The van der Waals surface area contributed by atoms with Crippen molar-refractivity contribution < 1.29 is 17.6 Å². The first-order chi connectivity index (χ1) is 19.9. The third-order valence-corrected chi connectivity index (χ3v) is 10.4. The Labute approximate surface area is 248 Å². The molecule has 0 aliphatic carbocycles. The Morgan fingerprint density at radius 2 is 1.76 bits per heavy atom. The molecule has 0 unspecified atom stereocenters. The predicted molar refractivity (Wildman–Crippen MR) is 164 cm³/mol. The SMILES string of the molecule is O=C1C(=Cc2cn(-c3ccccc3)nc2-c2cccc(S(=O)(=O)N3CCCCCC3)c2)SC(=S)N1Cc1ccco1. The molecule has 4 heterocycles. The van der Waals surface area contributed by atoms with Gasteiger partial charge in [-0.2, -0.15) is 9.40 Å². The van der Waals surface area contributed by atoms with Crippen LogP contribution in [0.15, 0.2) is 93.4 Å². The predicted octanol–water partition coefficient (Wildman–Crippen LogP) is 6.10. The fraction of sp³-hybridized carbons (Fsp3) is 0.233. The maximum atomic E-state index is 13.6. The van der Waals surface area contributed by atoms with E-state index in [1.54, 1.807) is 51.7 Å². The Kier molecular flexibility index (Phi) is 7.94. The number of thiocarbonyl (C=S) groups is 1. The third-order valence-electron chi connectivity index (χ3n) is 7.13. The van der Waals surface area contributed by atoms with Gasteiger partial charge in [0.25, 0.3) is 5.91 Å². The molecule has 2 aromatic heterocycles. The number of carbonyl (C=O) groups excluding carboxylic acids is 1.